The predicted molar refractivity (Wildman–Crippen MR) is 120 cm³/mol. The Balaban J connectivity index is 1.66. The number of ketones is 2. The molecule has 6 atom stereocenters. The van der Waals surface area contributed by atoms with Crippen LogP contribution in [0, 0.1) is 0 Å². The summed E-state index contributed by atoms with van der Waals surface area (Å²) in [5.74, 6) is -2.22. The third kappa shape index (κ3) is 3.65. The van der Waals surface area contributed by atoms with Gasteiger partial charge in [-0.2, -0.15) is 0 Å². The Morgan fingerprint density at radius 1 is 1.06 bits per heavy atom. The Bertz CT molecular complexity index is 1230. The molecule has 1 aliphatic heterocycles. The fraction of sp³-hybridized carbons (Fsp3) is 0.440. The number of carbonyl (C=O) groups is 2. The molecule has 186 valence electrons. The molecule has 1 unspecified atom stereocenters. The third-order valence-electron chi connectivity index (χ3n) is 7.33. The van der Waals surface area contributed by atoms with E-state index in [2.05, 4.69) is 0 Å². The number of benzene rings is 2. The summed E-state index contributed by atoms with van der Waals surface area (Å²) in [6.45, 7) is 1.31. The number of hydrogen-bond donors (Lipinski definition) is 6. The summed E-state index contributed by atoms with van der Waals surface area (Å²) >= 11 is 0. The molecule has 5 rings (SSSR count). The first-order chi connectivity index (χ1) is 16.5. The van der Waals surface area contributed by atoms with Gasteiger partial charge in [-0.1, -0.05) is 24.3 Å². The molecule has 0 saturated carbocycles. The van der Waals surface area contributed by atoms with Crippen molar-refractivity contribution in [2.24, 2.45) is 5.73 Å². The van der Waals surface area contributed by atoms with Gasteiger partial charge in [0, 0.05) is 34.2 Å². The van der Waals surface area contributed by atoms with Gasteiger partial charge in [0.05, 0.1) is 36.0 Å². The first-order valence-corrected chi connectivity index (χ1v) is 11.4. The van der Waals surface area contributed by atoms with Crippen molar-refractivity contribution < 1.29 is 44.6 Å². The minimum absolute atomic E-state index is 0.0132. The maximum atomic E-state index is 13.3. The molecule has 2 aliphatic carbocycles. The average molecular weight is 485 g/mol. The van der Waals surface area contributed by atoms with Gasteiger partial charge >= 0.3 is 0 Å². The van der Waals surface area contributed by atoms with E-state index in [1.54, 1.807) is 12.1 Å². The first kappa shape index (κ1) is 23.9. The number of aliphatic hydroxyl groups is 3. The fourth-order valence-electron chi connectivity index (χ4n) is 5.21. The third-order valence-corrected chi connectivity index (χ3v) is 7.33. The van der Waals surface area contributed by atoms with Crippen LogP contribution in [0.15, 0.2) is 24.3 Å². The average Bonchev–Trinajstić information content (AvgIpc) is 2.82. The molecular weight excluding hydrogens is 458 g/mol. The Labute approximate surface area is 200 Å². The van der Waals surface area contributed by atoms with Gasteiger partial charge in [-0.05, 0) is 19.8 Å². The van der Waals surface area contributed by atoms with E-state index in [4.69, 9.17) is 15.2 Å². The summed E-state index contributed by atoms with van der Waals surface area (Å²) in [4.78, 5) is 26.6. The summed E-state index contributed by atoms with van der Waals surface area (Å²) in [5.41, 5.74) is 4.95. The number of rotatable bonds is 3. The second-order valence-corrected chi connectivity index (χ2v) is 9.59. The summed E-state index contributed by atoms with van der Waals surface area (Å²) < 4.78 is 11.5. The zero-order chi connectivity index (χ0) is 25.2. The van der Waals surface area contributed by atoms with Crippen molar-refractivity contribution in [2.75, 3.05) is 6.61 Å². The van der Waals surface area contributed by atoms with Crippen LogP contribution in [0.1, 0.15) is 68.8 Å². The molecular formula is C25H27NO9. The lowest BCUT2D eigenvalue weighted by Gasteiger charge is -2.43. The second-order valence-electron chi connectivity index (χ2n) is 9.59. The predicted octanol–water partition coefficient (Wildman–Crippen LogP) is 0.424. The molecule has 35 heavy (non-hydrogen) atoms. The largest absolute Gasteiger partial charge is 0.507 e. The lowest BCUT2D eigenvalue weighted by Crippen LogP contribution is -2.55. The number of aromatic hydroxyl groups is 2. The summed E-state index contributed by atoms with van der Waals surface area (Å²) in [7, 11) is 0. The molecule has 0 amide bonds. The smallest absolute Gasteiger partial charge is 0.198 e. The van der Waals surface area contributed by atoms with Crippen LogP contribution in [-0.4, -0.2) is 73.8 Å². The molecule has 2 aromatic carbocycles. The van der Waals surface area contributed by atoms with E-state index in [0.29, 0.717) is 0 Å². The summed E-state index contributed by atoms with van der Waals surface area (Å²) in [6.07, 6.45) is -5.45. The second kappa shape index (κ2) is 8.37. The molecule has 0 bridgehead atoms. The number of phenolic OH excluding ortho intramolecular Hbond substituents is 2. The molecule has 3 aliphatic rings. The van der Waals surface area contributed by atoms with Crippen molar-refractivity contribution in [3.8, 4) is 11.5 Å². The Morgan fingerprint density at radius 3 is 2.23 bits per heavy atom. The van der Waals surface area contributed by atoms with Gasteiger partial charge in [-0.25, -0.2) is 0 Å². The van der Waals surface area contributed by atoms with Crippen LogP contribution < -0.4 is 5.73 Å². The highest BCUT2D eigenvalue weighted by molar-refractivity contribution is 6.30. The van der Waals surface area contributed by atoms with E-state index in [1.807, 2.05) is 0 Å². The van der Waals surface area contributed by atoms with Crippen molar-refractivity contribution in [3.05, 3.63) is 57.6 Å². The van der Waals surface area contributed by atoms with Crippen LogP contribution in [0.4, 0.5) is 0 Å². The molecule has 0 aromatic heterocycles. The molecule has 0 radical (unpaired) electrons. The Kier molecular flexibility index (Phi) is 5.71. The topological polar surface area (TPSA) is 180 Å². The van der Waals surface area contributed by atoms with E-state index < -0.39 is 59.3 Å². The van der Waals surface area contributed by atoms with E-state index in [0.717, 1.165) is 0 Å². The van der Waals surface area contributed by atoms with Gasteiger partial charge in [0.15, 0.2) is 17.9 Å². The normalized spacial score (nSPS) is 30.9. The van der Waals surface area contributed by atoms with Crippen LogP contribution in [0.2, 0.25) is 0 Å². The van der Waals surface area contributed by atoms with Gasteiger partial charge in [-0.15, -0.1) is 0 Å². The molecule has 0 spiro atoms. The highest BCUT2D eigenvalue weighted by Gasteiger charge is 2.47. The number of carbonyl (C=O) groups excluding carboxylic acids is 2. The number of hydrogen-bond acceptors (Lipinski definition) is 10. The molecule has 7 N–H and O–H groups in total. The highest BCUT2D eigenvalue weighted by atomic mass is 16.7. The molecule has 1 fully saturated rings. The Morgan fingerprint density at radius 2 is 1.66 bits per heavy atom. The highest BCUT2D eigenvalue weighted by Crippen LogP contribution is 2.51. The van der Waals surface area contributed by atoms with Crippen LogP contribution in [-0.2, 0) is 15.9 Å². The lowest BCUT2D eigenvalue weighted by atomic mass is 9.70. The van der Waals surface area contributed by atoms with Crippen molar-refractivity contribution in [3.63, 3.8) is 0 Å². The molecule has 10 heteroatoms. The standard InChI is InChI=1S/C25H27NO9/c1-10(27)25(26)7-13-18(16(8-25)35-17-6-14(28)15(29)9-34-17)24(33)20-19(23(13)32)21(30)11-4-2-3-5-12(11)22(20)31/h2-5,10,14-17,27-29,32-33H,6-9,26H2,1H3/t10?,14-,15+,16-,17-,25-/m0/s1. The van der Waals surface area contributed by atoms with Gasteiger partial charge in [0.25, 0.3) is 0 Å². The number of phenols is 2. The van der Waals surface area contributed by atoms with Crippen LogP contribution >= 0.6 is 0 Å². The number of fused-ring (bicyclic) bond motifs is 3. The number of nitrogens with two attached hydrogens (primary N) is 1. The van der Waals surface area contributed by atoms with E-state index in [9.17, 15) is 35.1 Å². The van der Waals surface area contributed by atoms with E-state index >= 15 is 0 Å². The zero-order valence-electron chi connectivity index (χ0n) is 19.0. The zero-order valence-corrected chi connectivity index (χ0v) is 19.0. The Hall–Kier alpha value is -2.86. The van der Waals surface area contributed by atoms with Crippen molar-refractivity contribution in [2.45, 2.75) is 62.4 Å². The lowest BCUT2D eigenvalue weighted by molar-refractivity contribution is -0.239. The van der Waals surface area contributed by atoms with Crippen molar-refractivity contribution in [1.82, 2.24) is 0 Å². The van der Waals surface area contributed by atoms with Gasteiger partial charge in [0.1, 0.15) is 17.6 Å². The minimum atomic E-state index is -1.30. The van der Waals surface area contributed by atoms with Crippen LogP contribution in [0.5, 0.6) is 11.5 Å². The van der Waals surface area contributed by atoms with E-state index in [-0.39, 0.29) is 59.3 Å². The van der Waals surface area contributed by atoms with Gasteiger partial charge < -0.3 is 40.7 Å². The minimum Gasteiger partial charge on any atom is -0.507 e. The molecule has 10 nitrogen and oxygen atoms in total. The molecule has 1 saturated heterocycles. The summed E-state index contributed by atoms with van der Waals surface area (Å²) in [6, 6.07) is 6.15. The summed E-state index contributed by atoms with van der Waals surface area (Å²) in [5, 5.41) is 52.8. The van der Waals surface area contributed by atoms with Crippen molar-refractivity contribution in [1.29, 1.82) is 0 Å². The molecule has 1 heterocycles. The van der Waals surface area contributed by atoms with Crippen LogP contribution in [0.3, 0.4) is 0 Å². The van der Waals surface area contributed by atoms with Gasteiger partial charge in [-0.3, -0.25) is 9.59 Å². The van der Waals surface area contributed by atoms with Crippen molar-refractivity contribution >= 4 is 11.6 Å². The number of ether oxygens (including phenoxy) is 2. The monoisotopic (exact) mass is 485 g/mol. The number of aliphatic hydroxyl groups excluding tert-OH is 3. The quantitative estimate of drug-likeness (QED) is 0.285. The maximum Gasteiger partial charge on any atom is 0.198 e. The maximum absolute atomic E-state index is 13.3. The van der Waals surface area contributed by atoms with Crippen LogP contribution in [0.25, 0.3) is 0 Å². The SMILES string of the molecule is CC(O)[C@]1(N)Cc2c(O)c3c(c(O)c2[C@@H](O[C@H]2C[C@H](O)[C@H](O)CO2)C1)C(=O)c1ccccc1C3=O. The van der Waals surface area contributed by atoms with E-state index in [1.165, 1.54) is 19.1 Å². The fourth-order valence-corrected chi connectivity index (χ4v) is 5.21. The molecule has 2 aromatic rings. The first-order valence-electron chi connectivity index (χ1n) is 11.4. The van der Waals surface area contributed by atoms with Gasteiger partial charge in [0.2, 0.25) is 0 Å².